The molecule has 0 unspecified atom stereocenters. The summed E-state index contributed by atoms with van der Waals surface area (Å²) in [7, 11) is 1.46. The maximum absolute atomic E-state index is 13.5. The van der Waals surface area contributed by atoms with Crippen LogP contribution in [0.1, 0.15) is 49.9 Å². The summed E-state index contributed by atoms with van der Waals surface area (Å²) < 4.78 is 15.3. The number of nitrogens with one attached hydrogen (secondary N) is 2. The molecule has 1 aromatic heterocycles. The summed E-state index contributed by atoms with van der Waals surface area (Å²) in [6.07, 6.45) is 3.76. The van der Waals surface area contributed by atoms with Gasteiger partial charge in [0.05, 0.1) is 18.7 Å². The number of amides is 3. The van der Waals surface area contributed by atoms with Gasteiger partial charge in [0.2, 0.25) is 0 Å². The summed E-state index contributed by atoms with van der Waals surface area (Å²) in [4.78, 5) is 42.2. The van der Waals surface area contributed by atoms with E-state index in [0.717, 1.165) is 42.9 Å². The topological polar surface area (TPSA) is 115 Å². The average molecular weight is 589 g/mol. The summed E-state index contributed by atoms with van der Waals surface area (Å²) in [5.74, 6) is -0.724. The normalized spacial score (nSPS) is 13.1. The van der Waals surface area contributed by atoms with Gasteiger partial charge in [0, 0.05) is 38.4 Å². The van der Waals surface area contributed by atoms with E-state index in [1.54, 1.807) is 36.8 Å². The number of rotatable bonds is 7. The van der Waals surface area contributed by atoms with Crippen molar-refractivity contribution in [2.75, 3.05) is 38.5 Å². The molecule has 0 radical (unpaired) electrons. The van der Waals surface area contributed by atoms with Crippen LogP contribution >= 0.6 is 0 Å². The van der Waals surface area contributed by atoms with E-state index in [1.807, 2.05) is 32.0 Å². The van der Waals surface area contributed by atoms with Gasteiger partial charge in [-0.25, -0.2) is 14.2 Å². The Kier molecular flexibility index (Phi) is 11.4. The van der Waals surface area contributed by atoms with Crippen molar-refractivity contribution in [1.29, 1.82) is 0 Å². The number of carbonyl (C=O) groups excluding carboxylic acids is 3. The number of nitrogens with zero attached hydrogens (tertiary/aromatic N) is 3. The lowest BCUT2D eigenvalue weighted by Gasteiger charge is -2.24. The number of aryl methyl sites for hydroxylation is 3. The molecule has 1 aliphatic heterocycles. The zero-order valence-corrected chi connectivity index (χ0v) is 25.3. The maximum Gasteiger partial charge on any atom is 0.411 e. The molecular weight excluding hydrogens is 549 g/mol. The minimum absolute atomic E-state index is 0.0345. The van der Waals surface area contributed by atoms with Crippen LogP contribution in [-0.4, -0.2) is 76.2 Å². The molecule has 0 fully saturated rings. The third-order valence-electron chi connectivity index (χ3n) is 7.25. The van der Waals surface area contributed by atoms with Crippen LogP contribution in [0.25, 0.3) is 0 Å². The van der Waals surface area contributed by atoms with Crippen molar-refractivity contribution in [1.82, 2.24) is 15.2 Å². The Morgan fingerprint density at radius 2 is 1.79 bits per heavy atom. The van der Waals surface area contributed by atoms with E-state index in [9.17, 15) is 23.9 Å². The lowest BCUT2D eigenvalue weighted by Crippen LogP contribution is -2.46. The van der Waals surface area contributed by atoms with E-state index in [4.69, 9.17) is 0 Å². The molecular formula is C33H39FN5O4+. The van der Waals surface area contributed by atoms with Gasteiger partial charge in [-0.1, -0.05) is 24.8 Å². The smallest absolute Gasteiger partial charge is 0.411 e. The van der Waals surface area contributed by atoms with Crippen molar-refractivity contribution in [2.24, 2.45) is 0 Å². The molecule has 0 bridgehead atoms. The highest BCUT2D eigenvalue weighted by molar-refractivity contribution is 6.07. The first-order valence-corrected chi connectivity index (χ1v) is 14.0. The van der Waals surface area contributed by atoms with Gasteiger partial charge in [-0.2, -0.15) is 4.58 Å². The number of aromatic hydroxyl groups is 1. The van der Waals surface area contributed by atoms with Crippen molar-refractivity contribution >= 4 is 29.3 Å². The predicted octanol–water partition coefficient (Wildman–Crippen LogP) is 4.19. The Balaban J connectivity index is 0.000000236. The average Bonchev–Trinajstić information content (AvgIpc) is 2.98. The first-order chi connectivity index (χ1) is 20.4. The van der Waals surface area contributed by atoms with Gasteiger partial charge in [0.15, 0.2) is 12.3 Å². The maximum atomic E-state index is 13.5. The number of hydrogen-bond donors (Lipinski definition) is 3. The van der Waals surface area contributed by atoms with Crippen LogP contribution in [0, 0.1) is 26.6 Å². The molecule has 43 heavy (non-hydrogen) atoms. The van der Waals surface area contributed by atoms with E-state index in [1.165, 1.54) is 25.3 Å². The Bertz CT molecular complexity index is 1570. The van der Waals surface area contributed by atoms with E-state index in [0.29, 0.717) is 29.1 Å². The van der Waals surface area contributed by atoms with Gasteiger partial charge in [-0.3, -0.25) is 14.5 Å². The van der Waals surface area contributed by atoms with Crippen LogP contribution in [0.2, 0.25) is 0 Å². The Labute approximate surface area is 251 Å². The number of carbonyl (C=O) groups is 3. The van der Waals surface area contributed by atoms with Crippen molar-refractivity contribution in [3.8, 4) is 5.75 Å². The van der Waals surface area contributed by atoms with Crippen LogP contribution < -0.4 is 10.6 Å². The molecule has 0 aliphatic carbocycles. The second kappa shape index (κ2) is 15.0. The van der Waals surface area contributed by atoms with Crippen molar-refractivity contribution in [3.05, 3.63) is 101 Å². The third kappa shape index (κ3) is 8.65. The Morgan fingerprint density at radius 1 is 1.05 bits per heavy atom. The minimum atomic E-state index is -0.458. The Morgan fingerprint density at radius 3 is 2.42 bits per heavy atom. The number of pyridine rings is 1. The zero-order chi connectivity index (χ0) is 31.7. The first-order valence-electron chi connectivity index (χ1n) is 14.0. The van der Waals surface area contributed by atoms with Crippen LogP contribution in [0.3, 0.4) is 0 Å². The Hall–Kier alpha value is -4.70. The van der Waals surface area contributed by atoms with Crippen LogP contribution in [0.4, 0.5) is 10.2 Å². The largest absolute Gasteiger partial charge is 0.507 e. The number of halogens is 1. The molecule has 10 heteroatoms. The molecule has 3 N–H and O–H groups in total. The van der Waals surface area contributed by atoms with Crippen LogP contribution in [0.15, 0.2) is 61.3 Å². The number of aromatic nitrogens is 1. The van der Waals surface area contributed by atoms with Gasteiger partial charge in [0.1, 0.15) is 17.4 Å². The van der Waals surface area contributed by atoms with Gasteiger partial charge >= 0.3 is 5.91 Å². The molecule has 2 heterocycles. The lowest BCUT2D eigenvalue weighted by atomic mass is 10.0. The zero-order valence-electron chi connectivity index (χ0n) is 25.3. The SMILES string of the molecule is C=CC(=O)[N+]1=C(C)CN(CCc2ccc(C)c(F)c2)CC1.CNC(=O)c1cc(C(=O)Nc2ncccc2C)c(C)cc1O. The van der Waals surface area contributed by atoms with E-state index >= 15 is 0 Å². The molecule has 2 aromatic carbocycles. The van der Waals surface area contributed by atoms with Crippen molar-refractivity contribution in [3.63, 3.8) is 0 Å². The fourth-order valence-electron chi connectivity index (χ4n) is 4.64. The number of hydrogen-bond acceptors (Lipinski definition) is 6. The minimum Gasteiger partial charge on any atom is -0.507 e. The lowest BCUT2D eigenvalue weighted by molar-refractivity contribution is -0.451. The highest BCUT2D eigenvalue weighted by Crippen LogP contribution is 2.23. The molecule has 0 spiro atoms. The molecule has 3 amide bonds. The van der Waals surface area contributed by atoms with Gasteiger partial charge in [-0.15, -0.1) is 0 Å². The summed E-state index contributed by atoms with van der Waals surface area (Å²) in [6.45, 7) is 14.0. The molecule has 0 saturated heterocycles. The van der Waals surface area contributed by atoms with Crippen molar-refractivity contribution < 1.29 is 28.5 Å². The standard InChI is InChI=1S/C17H22FN2O.C16H17N3O3/c1-4-17(21)20-10-9-19(12-14(20)3)8-7-15-6-5-13(2)16(18)11-15;1-9-5-4-6-18-14(9)19-16(22)11-8-12(15(21)17-3)13(20)7-10(11)2/h4-6,11H,1,7-10,12H2,2-3H3;4-8,20H,1-3H3,(H,17,21)(H,18,19,22)/q+1;. The summed E-state index contributed by atoms with van der Waals surface area (Å²) in [6, 6.07) is 11.8. The second-order valence-electron chi connectivity index (χ2n) is 10.4. The predicted molar refractivity (Wildman–Crippen MR) is 165 cm³/mol. The highest BCUT2D eigenvalue weighted by Gasteiger charge is 2.26. The van der Waals surface area contributed by atoms with Crippen LogP contribution in [0.5, 0.6) is 5.75 Å². The fourth-order valence-corrected chi connectivity index (χ4v) is 4.64. The molecule has 1 aliphatic rings. The van der Waals surface area contributed by atoms with Gasteiger partial charge in [-0.05, 0) is 73.7 Å². The number of benzene rings is 2. The quantitative estimate of drug-likeness (QED) is 0.282. The third-order valence-corrected chi connectivity index (χ3v) is 7.25. The molecule has 9 nitrogen and oxygen atoms in total. The molecule has 226 valence electrons. The number of anilines is 1. The summed E-state index contributed by atoms with van der Waals surface area (Å²) in [5.41, 5.74) is 4.49. The molecule has 4 rings (SSSR count). The second-order valence-corrected chi connectivity index (χ2v) is 10.4. The van der Waals surface area contributed by atoms with Gasteiger partial charge < -0.3 is 15.7 Å². The molecule has 3 aromatic rings. The monoisotopic (exact) mass is 588 g/mol. The summed E-state index contributed by atoms with van der Waals surface area (Å²) in [5, 5.41) is 15.0. The fraction of sp³-hybridized carbons (Fsp3) is 0.303. The summed E-state index contributed by atoms with van der Waals surface area (Å²) >= 11 is 0. The van der Waals surface area contributed by atoms with E-state index in [2.05, 4.69) is 27.1 Å². The molecule has 0 atom stereocenters. The molecule has 0 saturated carbocycles. The first kappa shape index (κ1) is 32.8. The highest BCUT2D eigenvalue weighted by atomic mass is 19.1. The number of phenolic OH excluding ortho intramolecular Hbond substituents is 1. The van der Waals surface area contributed by atoms with Crippen LogP contribution in [-0.2, 0) is 11.2 Å². The number of phenols is 1. The van der Waals surface area contributed by atoms with E-state index in [-0.39, 0.29) is 28.9 Å². The van der Waals surface area contributed by atoms with E-state index < -0.39 is 5.91 Å². The van der Waals surface area contributed by atoms with Gasteiger partial charge in [0.25, 0.3) is 11.8 Å². The van der Waals surface area contributed by atoms with Crippen molar-refractivity contribution in [2.45, 2.75) is 34.1 Å².